The van der Waals surface area contributed by atoms with E-state index in [0.717, 1.165) is 21.8 Å². The maximum atomic E-state index is 13.3. The highest BCUT2D eigenvalue weighted by Crippen LogP contribution is 2.48. The fourth-order valence-electron chi connectivity index (χ4n) is 3.29. The zero-order chi connectivity index (χ0) is 19.3. The van der Waals surface area contributed by atoms with Gasteiger partial charge in [0.25, 0.3) is 11.8 Å². The maximum absolute atomic E-state index is 13.3. The molecule has 138 valence electrons. The van der Waals surface area contributed by atoms with Crippen LogP contribution in [0.25, 0.3) is 0 Å². The molecule has 3 N–H and O–H groups in total. The first-order chi connectivity index (χ1) is 12.8. The lowest BCUT2D eigenvalue weighted by molar-refractivity contribution is -0.140. The number of carbonyl (C=O) groups is 2. The van der Waals surface area contributed by atoms with Gasteiger partial charge in [-0.1, -0.05) is 55.8 Å². The molecule has 2 heterocycles. The van der Waals surface area contributed by atoms with Crippen LogP contribution in [0.1, 0.15) is 11.1 Å². The number of aliphatic imine (C=N–C) groups is 1. The molecule has 2 aromatic carbocycles. The quantitative estimate of drug-likeness (QED) is 0.661. The van der Waals surface area contributed by atoms with Gasteiger partial charge < -0.3 is 15.7 Å². The van der Waals surface area contributed by atoms with E-state index in [2.05, 4.69) is 36.9 Å². The number of thioether (sulfide) groups is 1. The Balaban J connectivity index is 1.79. The standard InChI is InChI=1S/C18H13Br2N3O3S/c19-10-3-1-9(2-4-10)8-23-13-6-5-11(20)7-12(13)18(26,16(23)25)14-15(24)22-17(21)27-14/h1-7,14,26H,8H2,(H2,21,22,24). The topological polar surface area (TPSA) is 96.0 Å². The highest BCUT2D eigenvalue weighted by molar-refractivity contribution is 9.10. The Hall–Kier alpha value is -1.68. The van der Waals surface area contributed by atoms with Gasteiger partial charge in [-0.2, -0.15) is 4.99 Å². The van der Waals surface area contributed by atoms with Gasteiger partial charge in [0.05, 0.1) is 12.2 Å². The number of aliphatic hydroxyl groups is 1. The minimum Gasteiger partial charge on any atom is -0.378 e. The van der Waals surface area contributed by atoms with Crippen LogP contribution in [0.2, 0.25) is 0 Å². The number of carbonyl (C=O) groups excluding carboxylic acids is 2. The van der Waals surface area contributed by atoms with Crippen LogP contribution < -0.4 is 10.6 Å². The van der Waals surface area contributed by atoms with E-state index < -0.39 is 22.7 Å². The minimum absolute atomic E-state index is 0.0501. The van der Waals surface area contributed by atoms with Crippen LogP contribution in [-0.4, -0.2) is 27.3 Å². The van der Waals surface area contributed by atoms with Crippen LogP contribution >= 0.6 is 43.6 Å². The molecule has 0 aromatic heterocycles. The van der Waals surface area contributed by atoms with Crippen LogP contribution in [0.3, 0.4) is 0 Å². The third-order valence-corrected chi connectivity index (χ3v) is 6.68. The summed E-state index contributed by atoms with van der Waals surface area (Å²) in [7, 11) is 0. The van der Waals surface area contributed by atoms with Gasteiger partial charge in [0.15, 0.2) is 10.8 Å². The van der Waals surface area contributed by atoms with Gasteiger partial charge in [0.2, 0.25) is 0 Å². The fourth-order valence-corrected chi connectivity index (χ4v) is 4.85. The van der Waals surface area contributed by atoms with Gasteiger partial charge in [0.1, 0.15) is 5.25 Å². The summed E-state index contributed by atoms with van der Waals surface area (Å²) in [5, 5.41) is 10.4. The molecule has 0 saturated heterocycles. The van der Waals surface area contributed by atoms with Gasteiger partial charge >= 0.3 is 0 Å². The van der Waals surface area contributed by atoms with Crippen molar-refractivity contribution in [3.8, 4) is 0 Å². The van der Waals surface area contributed by atoms with Crippen molar-refractivity contribution >= 4 is 66.3 Å². The van der Waals surface area contributed by atoms with E-state index in [9.17, 15) is 14.7 Å². The Morgan fingerprint density at radius 2 is 1.81 bits per heavy atom. The van der Waals surface area contributed by atoms with Crippen molar-refractivity contribution in [2.24, 2.45) is 10.7 Å². The average molecular weight is 511 g/mol. The zero-order valence-electron chi connectivity index (χ0n) is 13.7. The Kier molecular flexibility index (Phi) is 4.66. The molecule has 9 heteroatoms. The molecule has 0 radical (unpaired) electrons. The SMILES string of the molecule is NC1=NC(=O)C(C2(O)C(=O)N(Cc3ccc(Br)cc3)c3ccc(Br)cc32)S1. The van der Waals surface area contributed by atoms with Gasteiger partial charge in [-0.25, -0.2) is 0 Å². The second kappa shape index (κ2) is 6.73. The number of benzene rings is 2. The van der Waals surface area contributed by atoms with E-state index in [1.54, 1.807) is 18.2 Å². The highest BCUT2D eigenvalue weighted by atomic mass is 79.9. The lowest BCUT2D eigenvalue weighted by Gasteiger charge is -2.26. The number of hydrogen-bond donors (Lipinski definition) is 2. The number of amides is 2. The van der Waals surface area contributed by atoms with Gasteiger partial charge in [-0.15, -0.1) is 0 Å². The Bertz CT molecular complexity index is 996. The highest BCUT2D eigenvalue weighted by Gasteiger charge is 2.59. The smallest absolute Gasteiger partial charge is 0.265 e. The van der Waals surface area contributed by atoms with Crippen molar-refractivity contribution in [1.29, 1.82) is 0 Å². The normalized spacial score (nSPS) is 24.3. The van der Waals surface area contributed by atoms with Crippen molar-refractivity contribution in [2.75, 3.05) is 4.90 Å². The molecule has 4 rings (SSSR count). The second-order valence-electron chi connectivity index (χ2n) is 6.23. The fraction of sp³-hybridized carbons (Fsp3) is 0.167. The number of nitrogens with zero attached hydrogens (tertiary/aromatic N) is 2. The molecule has 2 unspecified atom stereocenters. The van der Waals surface area contributed by atoms with Crippen molar-refractivity contribution in [2.45, 2.75) is 17.4 Å². The molecule has 2 aliphatic heterocycles. The second-order valence-corrected chi connectivity index (χ2v) is 9.19. The average Bonchev–Trinajstić information content (AvgIpc) is 3.07. The predicted molar refractivity (Wildman–Crippen MR) is 111 cm³/mol. The molecule has 0 saturated carbocycles. The largest absolute Gasteiger partial charge is 0.378 e. The summed E-state index contributed by atoms with van der Waals surface area (Å²) in [6, 6.07) is 12.8. The Morgan fingerprint density at radius 3 is 2.44 bits per heavy atom. The molecule has 2 amide bonds. The molecule has 0 bridgehead atoms. The summed E-state index contributed by atoms with van der Waals surface area (Å²) in [6.07, 6.45) is 0. The molecular formula is C18H13Br2N3O3S. The molecular weight excluding hydrogens is 498 g/mol. The number of hydrogen-bond acceptors (Lipinski definition) is 5. The van der Waals surface area contributed by atoms with E-state index in [-0.39, 0.29) is 11.7 Å². The van der Waals surface area contributed by atoms with E-state index in [1.807, 2.05) is 24.3 Å². The third kappa shape index (κ3) is 3.02. The predicted octanol–water partition coefficient (Wildman–Crippen LogP) is 2.90. The van der Waals surface area contributed by atoms with Crippen LogP contribution in [0.5, 0.6) is 0 Å². The van der Waals surface area contributed by atoms with Crippen molar-refractivity contribution in [3.63, 3.8) is 0 Å². The van der Waals surface area contributed by atoms with Crippen LogP contribution in [0, 0.1) is 0 Å². The summed E-state index contributed by atoms with van der Waals surface area (Å²) in [4.78, 5) is 30.8. The van der Waals surface area contributed by atoms with E-state index in [4.69, 9.17) is 5.73 Å². The van der Waals surface area contributed by atoms with Gasteiger partial charge in [0, 0.05) is 14.5 Å². The maximum Gasteiger partial charge on any atom is 0.265 e. The molecule has 0 aliphatic carbocycles. The summed E-state index contributed by atoms with van der Waals surface area (Å²) < 4.78 is 1.63. The molecule has 0 fully saturated rings. The summed E-state index contributed by atoms with van der Waals surface area (Å²) in [6.45, 7) is 0.269. The van der Waals surface area contributed by atoms with E-state index >= 15 is 0 Å². The first kappa shape index (κ1) is 18.7. The Labute approximate surface area is 176 Å². The van der Waals surface area contributed by atoms with Crippen molar-refractivity contribution in [1.82, 2.24) is 0 Å². The number of amidine groups is 1. The van der Waals surface area contributed by atoms with Crippen LogP contribution in [-0.2, 0) is 21.7 Å². The first-order valence-corrected chi connectivity index (χ1v) is 10.4. The zero-order valence-corrected chi connectivity index (χ0v) is 17.7. The molecule has 2 atom stereocenters. The molecule has 0 spiro atoms. The monoisotopic (exact) mass is 509 g/mol. The van der Waals surface area contributed by atoms with Gasteiger partial charge in [-0.05, 0) is 35.9 Å². The van der Waals surface area contributed by atoms with Crippen LogP contribution in [0.4, 0.5) is 5.69 Å². The number of nitrogens with two attached hydrogens (primary N) is 1. The summed E-state index contributed by atoms with van der Waals surface area (Å²) in [5.74, 6) is -1.17. The van der Waals surface area contributed by atoms with Gasteiger partial charge in [-0.3, -0.25) is 9.59 Å². The number of anilines is 1. The number of halogens is 2. The lowest BCUT2D eigenvalue weighted by atomic mass is 9.91. The summed E-state index contributed by atoms with van der Waals surface area (Å²) in [5.41, 5.74) is 5.45. The molecule has 2 aromatic rings. The van der Waals surface area contributed by atoms with E-state index in [0.29, 0.717) is 15.7 Å². The van der Waals surface area contributed by atoms with E-state index in [1.165, 1.54) is 4.90 Å². The number of fused-ring (bicyclic) bond motifs is 1. The van der Waals surface area contributed by atoms with Crippen LogP contribution in [0.15, 0.2) is 56.4 Å². The molecule has 6 nitrogen and oxygen atoms in total. The summed E-state index contributed by atoms with van der Waals surface area (Å²) >= 11 is 7.68. The van der Waals surface area contributed by atoms with Crippen molar-refractivity contribution in [3.05, 3.63) is 62.5 Å². The molecule has 27 heavy (non-hydrogen) atoms. The number of rotatable bonds is 3. The Morgan fingerprint density at radius 1 is 1.15 bits per heavy atom. The first-order valence-electron chi connectivity index (χ1n) is 7.94. The molecule has 2 aliphatic rings. The third-order valence-electron chi connectivity index (χ3n) is 4.55. The minimum atomic E-state index is -2.03. The lowest BCUT2D eigenvalue weighted by Crippen LogP contribution is -2.49. The van der Waals surface area contributed by atoms with Crippen molar-refractivity contribution < 1.29 is 14.7 Å².